The van der Waals surface area contributed by atoms with E-state index in [1.807, 2.05) is 29.2 Å². The highest BCUT2D eigenvalue weighted by Crippen LogP contribution is 2.26. The van der Waals surface area contributed by atoms with E-state index in [1.54, 1.807) is 21.6 Å². The number of thioether (sulfide) groups is 1. The lowest BCUT2D eigenvalue weighted by atomic mass is 10.1. The van der Waals surface area contributed by atoms with E-state index >= 15 is 0 Å². The molecule has 8 heteroatoms. The summed E-state index contributed by atoms with van der Waals surface area (Å²) < 4.78 is 0. The summed E-state index contributed by atoms with van der Waals surface area (Å²) in [5.74, 6) is 1.41. The average Bonchev–Trinajstić information content (AvgIpc) is 3.23. The van der Waals surface area contributed by atoms with Gasteiger partial charge in [0.15, 0.2) is 0 Å². The molecule has 4 rings (SSSR count). The van der Waals surface area contributed by atoms with Crippen LogP contribution < -0.4 is 0 Å². The molecule has 1 aromatic rings. The number of benzene rings is 1. The normalized spacial score (nSPS) is 23.3. The van der Waals surface area contributed by atoms with Crippen LogP contribution >= 0.6 is 11.8 Å². The summed E-state index contributed by atoms with van der Waals surface area (Å²) in [5, 5.41) is 0. The number of fused-ring (bicyclic) bond motifs is 1. The summed E-state index contributed by atoms with van der Waals surface area (Å²) in [4.78, 5) is 45.2. The van der Waals surface area contributed by atoms with Crippen LogP contribution in [0.5, 0.6) is 0 Å². The lowest BCUT2D eigenvalue weighted by Crippen LogP contribution is -2.57. The molecule has 7 nitrogen and oxygen atoms in total. The minimum atomic E-state index is -0.311. The van der Waals surface area contributed by atoms with Crippen LogP contribution in [0.4, 0.5) is 0 Å². The largest absolute Gasteiger partial charge is 0.336 e. The molecule has 1 unspecified atom stereocenters. The second kappa shape index (κ2) is 8.13. The predicted octanol–water partition coefficient (Wildman–Crippen LogP) is 0.708. The fourth-order valence-electron chi connectivity index (χ4n) is 3.99. The zero-order valence-corrected chi connectivity index (χ0v) is 17.0. The first-order valence-electron chi connectivity index (χ1n) is 9.83. The first-order chi connectivity index (χ1) is 13.6. The molecule has 0 aliphatic carbocycles. The Labute approximate surface area is 169 Å². The number of carbonyl (C=O) groups is 3. The Kier molecular flexibility index (Phi) is 5.59. The maximum atomic E-state index is 12.7. The van der Waals surface area contributed by atoms with Gasteiger partial charge in [0.1, 0.15) is 12.6 Å². The molecule has 0 N–H and O–H groups in total. The van der Waals surface area contributed by atoms with Crippen LogP contribution in [0.25, 0.3) is 0 Å². The highest BCUT2D eigenvalue weighted by molar-refractivity contribution is 7.99. The first-order valence-corrected chi connectivity index (χ1v) is 11.0. The summed E-state index contributed by atoms with van der Waals surface area (Å²) in [6.45, 7) is 7.06. The molecule has 3 aliphatic rings. The molecule has 150 valence electrons. The van der Waals surface area contributed by atoms with Crippen molar-refractivity contribution in [2.75, 3.05) is 50.9 Å². The zero-order valence-electron chi connectivity index (χ0n) is 16.2. The van der Waals surface area contributed by atoms with Crippen LogP contribution in [-0.2, 0) is 16.1 Å². The van der Waals surface area contributed by atoms with Crippen LogP contribution in [0.1, 0.15) is 22.8 Å². The van der Waals surface area contributed by atoms with Crippen molar-refractivity contribution in [1.29, 1.82) is 0 Å². The number of amides is 3. The molecule has 1 atom stereocenters. The van der Waals surface area contributed by atoms with Crippen LogP contribution in [0.3, 0.4) is 0 Å². The molecule has 3 fully saturated rings. The van der Waals surface area contributed by atoms with Crippen molar-refractivity contribution >= 4 is 29.5 Å². The predicted molar refractivity (Wildman–Crippen MR) is 108 cm³/mol. The Morgan fingerprint density at radius 2 is 1.82 bits per heavy atom. The summed E-state index contributed by atoms with van der Waals surface area (Å²) in [7, 11) is 0. The standard InChI is InChI=1S/C20H26N4O3S/c1-2-21-7-9-22(10-8-21)19(26)16-5-3-15(4-6-16)11-23-12-18(25)24-14-28-13-17(24)20(23)27/h3-6,17H,2,7-14H2,1H3. The van der Waals surface area contributed by atoms with Crippen molar-refractivity contribution in [2.45, 2.75) is 19.5 Å². The third-order valence-electron chi connectivity index (χ3n) is 5.81. The first kappa shape index (κ1) is 19.3. The second-order valence-corrected chi connectivity index (χ2v) is 8.50. The number of piperazine rings is 2. The number of hydrogen-bond acceptors (Lipinski definition) is 5. The van der Waals surface area contributed by atoms with Gasteiger partial charge < -0.3 is 19.6 Å². The summed E-state index contributed by atoms with van der Waals surface area (Å²) >= 11 is 1.63. The molecule has 3 heterocycles. The van der Waals surface area contributed by atoms with Gasteiger partial charge in [-0.15, -0.1) is 11.8 Å². The van der Waals surface area contributed by atoms with E-state index in [0.29, 0.717) is 23.7 Å². The quantitative estimate of drug-likeness (QED) is 0.742. The monoisotopic (exact) mass is 402 g/mol. The van der Waals surface area contributed by atoms with Crippen molar-refractivity contribution in [3.05, 3.63) is 35.4 Å². The lowest BCUT2D eigenvalue weighted by Gasteiger charge is -2.36. The van der Waals surface area contributed by atoms with Gasteiger partial charge in [-0.2, -0.15) is 0 Å². The van der Waals surface area contributed by atoms with Gasteiger partial charge in [0.25, 0.3) is 5.91 Å². The Balaban J connectivity index is 1.38. The average molecular weight is 403 g/mol. The van der Waals surface area contributed by atoms with Crippen LogP contribution in [-0.4, -0.2) is 94.3 Å². The molecule has 28 heavy (non-hydrogen) atoms. The van der Waals surface area contributed by atoms with Gasteiger partial charge in [-0.3, -0.25) is 14.4 Å². The van der Waals surface area contributed by atoms with Gasteiger partial charge in [0.2, 0.25) is 11.8 Å². The van der Waals surface area contributed by atoms with E-state index < -0.39 is 0 Å². The number of hydrogen-bond donors (Lipinski definition) is 0. The highest BCUT2D eigenvalue weighted by Gasteiger charge is 2.42. The van der Waals surface area contributed by atoms with Gasteiger partial charge in [0, 0.05) is 44.0 Å². The van der Waals surface area contributed by atoms with Gasteiger partial charge in [0.05, 0.1) is 5.88 Å². The molecule has 0 aromatic heterocycles. The maximum absolute atomic E-state index is 12.7. The van der Waals surface area contributed by atoms with Crippen LogP contribution in [0.15, 0.2) is 24.3 Å². The molecule has 0 radical (unpaired) electrons. The van der Waals surface area contributed by atoms with E-state index in [1.165, 1.54) is 0 Å². The Morgan fingerprint density at radius 1 is 1.11 bits per heavy atom. The molecular weight excluding hydrogens is 376 g/mol. The van der Waals surface area contributed by atoms with E-state index in [0.717, 1.165) is 38.3 Å². The fraction of sp³-hybridized carbons (Fsp3) is 0.550. The highest BCUT2D eigenvalue weighted by atomic mass is 32.2. The van der Waals surface area contributed by atoms with Crippen molar-refractivity contribution in [1.82, 2.24) is 19.6 Å². The van der Waals surface area contributed by atoms with Crippen LogP contribution in [0, 0.1) is 0 Å². The van der Waals surface area contributed by atoms with Gasteiger partial charge >= 0.3 is 0 Å². The summed E-state index contributed by atoms with van der Waals surface area (Å²) in [5.41, 5.74) is 1.61. The van der Waals surface area contributed by atoms with E-state index in [4.69, 9.17) is 0 Å². The molecule has 0 spiro atoms. The molecule has 3 amide bonds. The molecule has 0 bridgehead atoms. The van der Waals surface area contributed by atoms with Gasteiger partial charge in [-0.25, -0.2) is 0 Å². The van der Waals surface area contributed by atoms with E-state index in [9.17, 15) is 14.4 Å². The lowest BCUT2D eigenvalue weighted by molar-refractivity contribution is -0.153. The van der Waals surface area contributed by atoms with Crippen molar-refractivity contribution in [3.8, 4) is 0 Å². The van der Waals surface area contributed by atoms with Crippen LogP contribution in [0.2, 0.25) is 0 Å². The minimum absolute atomic E-state index is 0.0209. The van der Waals surface area contributed by atoms with Gasteiger partial charge in [-0.1, -0.05) is 19.1 Å². The number of carbonyl (C=O) groups excluding carboxylic acids is 3. The smallest absolute Gasteiger partial charge is 0.253 e. The third kappa shape index (κ3) is 3.75. The molecule has 3 saturated heterocycles. The third-order valence-corrected chi connectivity index (χ3v) is 6.82. The Bertz CT molecular complexity index is 761. The maximum Gasteiger partial charge on any atom is 0.253 e. The van der Waals surface area contributed by atoms with Crippen molar-refractivity contribution in [2.24, 2.45) is 0 Å². The van der Waals surface area contributed by atoms with Gasteiger partial charge in [-0.05, 0) is 24.2 Å². The Morgan fingerprint density at radius 3 is 2.50 bits per heavy atom. The summed E-state index contributed by atoms with van der Waals surface area (Å²) in [6, 6.07) is 7.13. The zero-order chi connectivity index (χ0) is 19.7. The molecule has 0 saturated carbocycles. The number of likely N-dealkylation sites (N-methyl/N-ethyl adjacent to an activating group) is 1. The van der Waals surface area contributed by atoms with E-state index in [-0.39, 0.29) is 30.3 Å². The Hall–Kier alpha value is -2.06. The minimum Gasteiger partial charge on any atom is -0.336 e. The molecular formula is C20H26N4O3S. The summed E-state index contributed by atoms with van der Waals surface area (Å²) in [6.07, 6.45) is 0. The topological polar surface area (TPSA) is 64.2 Å². The SMILES string of the molecule is CCN1CCN(C(=O)c2ccc(CN3CC(=O)N4CSCC4C3=O)cc2)CC1. The second-order valence-electron chi connectivity index (χ2n) is 7.50. The number of nitrogens with zero attached hydrogens (tertiary/aromatic N) is 4. The van der Waals surface area contributed by atoms with Crippen molar-refractivity contribution in [3.63, 3.8) is 0 Å². The number of rotatable bonds is 4. The van der Waals surface area contributed by atoms with E-state index in [2.05, 4.69) is 11.8 Å². The van der Waals surface area contributed by atoms with Crippen molar-refractivity contribution < 1.29 is 14.4 Å². The fourth-order valence-corrected chi connectivity index (χ4v) is 5.16. The molecule has 1 aromatic carbocycles. The molecule has 3 aliphatic heterocycles.